The van der Waals surface area contributed by atoms with Crippen LogP contribution in [-0.4, -0.2) is 25.4 Å². The van der Waals surface area contributed by atoms with Gasteiger partial charge in [-0.1, -0.05) is 58.0 Å². The summed E-state index contributed by atoms with van der Waals surface area (Å²) in [5.41, 5.74) is 4.79. The van der Waals surface area contributed by atoms with Crippen LogP contribution in [0.25, 0.3) is 33.4 Å². The predicted octanol–water partition coefficient (Wildman–Crippen LogP) is 5.07. The average Bonchev–Trinajstić information content (AvgIpc) is 3.34. The third kappa shape index (κ3) is 3.51. The summed E-state index contributed by atoms with van der Waals surface area (Å²) in [6.07, 6.45) is 5.41. The summed E-state index contributed by atoms with van der Waals surface area (Å²) in [7, 11) is 0. The van der Waals surface area contributed by atoms with E-state index < -0.39 is 0 Å². The maximum atomic E-state index is 4.48. The minimum Gasteiger partial charge on any atom is -0.285 e. The van der Waals surface area contributed by atoms with Crippen molar-refractivity contribution in [3.05, 3.63) is 55.0 Å². The summed E-state index contributed by atoms with van der Waals surface area (Å²) >= 11 is 0. The number of aromatic amines is 2. The molecule has 0 aliphatic heterocycles. The molecule has 0 amide bonds. The second-order valence-electron chi connectivity index (χ2n) is 4.54. The summed E-state index contributed by atoms with van der Waals surface area (Å²) in [5.74, 6) is 0. The van der Waals surface area contributed by atoms with Gasteiger partial charge >= 0.3 is 0 Å². The Labute approximate surface area is 142 Å². The van der Waals surface area contributed by atoms with Gasteiger partial charge in [-0.05, 0) is 6.07 Å². The number of fused-ring (bicyclic) bond motifs is 1. The van der Waals surface area contributed by atoms with Crippen molar-refractivity contribution in [2.75, 3.05) is 0 Å². The summed E-state index contributed by atoms with van der Waals surface area (Å²) in [4.78, 5) is 4.48. The largest absolute Gasteiger partial charge is 0.285 e. The van der Waals surface area contributed by atoms with Gasteiger partial charge in [0.05, 0.1) is 23.6 Å². The lowest BCUT2D eigenvalue weighted by Crippen LogP contribution is -1.83. The first kappa shape index (κ1) is 17.4. The molecule has 2 N–H and O–H groups in total. The second kappa shape index (κ2) is 8.62. The number of nitrogens with one attached hydrogen (secondary N) is 2. The molecule has 0 bridgehead atoms. The maximum Gasteiger partial charge on any atom is 0.103 e. The Morgan fingerprint density at radius 3 is 2.29 bits per heavy atom. The lowest BCUT2D eigenvalue weighted by atomic mass is 10.1. The molecule has 1 aromatic carbocycles. The van der Waals surface area contributed by atoms with Gasteiger partial charge in [-0.3, -0.25) is 15.2 Å². The van der Waals surface area contributed by atoms with Crippen LogP contribution < -0.4 is 0 Å². The van der Waals surface area contributed by atoms with Gasteiger partial charge in [0.25, 0.3) is 0 Å². The molecule has 0 atom stereocenters. The number of rotatable bonds is 2. The number of H-pyrrole nitrogens is 2. The van der Waals surface area contributed by atoms with Gasteiger partial charge in [0.1, 0.15) is 5.69 Å². The fraction of sp³-hybridized carbons (Fsp3) is 0.211. The van der Waals surface area contributed by atoms with Gasteiger partial charge in [-0.25, -0.2) is 0 Å². The van der Waals surface area contributed by atoms with Crippen LogP contribution in [0.3, 0.4) is 0 Å². The molecule has 4 aromatic rings. The number of benzene rings is 1. The Kier molecular flexibility index (Phi) is 6.25. The number of pyridine rings is 1. The van der Waals surface area contributed by atoms with Crippen LogP contribution in [0.2, 0.25) is 0 Å². The standard InChI is InChI=1S/C15H11N5.2C2H6/c1-2-4-10(5-3-1)13-6-12-14(9-16-13)19-20-15(12)11-7-17-18-8-11;2*1-2/h1-9H,(H,17,18)(H,19,20);2*1-2H3. The highest BCUT2D eigenvalue weighted by atomic mass is 15.1. The van der Waals surface area contributed by atoms with Gasteiger partial charge in [-0.15, -0.1) is 0 Å². The quantitative estimate of drug-likeness (QED) is 0.541. The predicted molar refractivity (Wildman–Crippen MR) is 99.6 cm³/mol. The van der Waals surface area contributed by atoms with E-state index >= 15 is 0 Å². The number of hydrogen-bond donors (Lipinski definition) is 2. The Morgan fingerprint density at radius 1 is 0.875 bits per heavy atom. The van der Waals surface area contributed by atoms with E-state index in [4.69, 9.17) is 0 Å². The minimum absolute atomic E-state index is 0.883. The van der Waals surface area contributed by atoms with E-state index in [1.165, 1.54) is 0 Å². The van der Waals surface area contributed by atoms with E-state index in [2.05, 4.69) is 31.4 Å². The van der Waals surface area contributed by atoms with E-state index in [1.54, 1.807) is 6.20 Å². The van der Waals surface area contributed by atoms with Crippen molar-refractivity contribution in [1.82, 2.24) is 25.4 Å². The lowest BCUT2D eigenvalue weighted by molar-refractivity contribution is 1.09. The van der Waals surface area contributed by atoms with Crippen molar-refractivity contribution in [2.45, 2.75) is 27.7 Å². The van der Waals surface area contributed by atoms with Crippen LogP contribution in [0.5, 0.6) is 0 Å². The number of hydrogen-bond acceptors (Lipinski definition) is 3. The minimum atomic E-state index is 0.883. The van der Waals surface area contributed by atoms with Crippen molar-refractivity contribution in [3.63, 3.8) is 0 Å². The number of nitrogens with zero attached hydrogens (tertiary/aromatic N) is 3. The van der Waals surface area contributed by atoms with E-state index in [-0.39, 0.29) is 0 Å². The molecule has 24 heavy (non-hydrogen) atoms. The van der Waals surface area contributed by atoms with Crippen LogP contribution in [0.15, 0.2) is 55.0 Å². The first-order valence-corrected chi connectivity index (χ1v) is 8.30. The Morgan fingerprint density at radius 2 is 1.62 bits per heavy atom. The van der Waals surface area contributed by atoms with Gasteiger partial charge in [0, 0.05) is 22.7 Å². The van der Waals surface area contributed by atoms with Gasteiger partial charge in [0.2, 0.25) is 0 Å². The van der Waals surface area contributed by atoms with Crippen LogP contribution >= 0.6 is 0 Å². The van der Waals surface area contributed by atoms with E-state index in [0.29, 0.717) is 0 Å². The molecule has 0 aliphatic carbocycles. The topological polar surface area (TPSA) is 70.2 Å². The molecule has 4 rings (SSSR count). The highest BCUT2D eigenvalue weighted by Gasteiger charge is 2.10. The fourth-order valence-electron chi connectivity index (χ4n) is 2.28. The molecule has 124 valence electrons. The van der Waals surface area contributed by atoms with Crippen molar-refractivity contribution in [2.24, 2.45) is 0 Å². The summed E-state index contributed by atoms with van der Waals surface area (Å²) in [5, 5.41) is 15.2. The molecule has 0 radical (unpaired) electrons. The molecule has 0 spiro atoms. The highest BCUT2D eigenvalue weighted by Crippen LogP contribution is 2.28. The first-order valence-electron chi connectivity index (χ1n) is 8.30. The SMILES string of the molecule is CC.CC.c1ccc(-c2cc3c(-c4cn[nH]c4)n[nH]c3cn2)cc1. The zero-order valence-corrected chi connectivity index (χ0v) is 14.5. The van der Waals surface area contributed by atoms with E-state index in [9.17, 15) is 0 Å². The molecule has 0 saturated heterocycles. The molecule has 3 aromatic heterocycles. The number of aromatic nitrogens is 5. The zero-order chi connectivity index (χ0) is 17.4. The van der Waals surface area contributed by atoms with E-state index in [0.717, 1.165) is 33.4 Å². The maximum absolute atomic E-state index is 4.48. The monoisotopic (exact) mass is 321 g/mol. The van der Waals surface area contributed by atoms with Gasteiger partial charge in [-0.2, -0.15) is 10.2 Å². The first-order chi connectivity index (χ1) is 11.9. The van der Waals surface area contributed by atoms with E-state index in [1.807, 2.05) is 70.4 Å². The Bertz CT molecular complexity index is 848. The smallest absolute Gasteiger partial charge is 0.103 e. The van der Waals surface area contributed by atoms with Gasteiger partial charge in [0.15, 0.2) is 0 Å². The summed E-state index contributed by atoms with van der Waals surface area (Å²) < 4.78 is 0. The molecule has 0 unspecified atom stereocenters. The normalized spacial score (nSPS) is 9.67. The molecule has 5 heteroatoms. The van der Waals surface area contributed by atoms with Crippen LogP contribution in [-0.2, 0) is 0 Å². The van der Waals surface area contributed by atoms with Crippen LogP contribution in [0.1, 0.15) is 27.7 Å². The Hall–Kier alpha value is -2.95. The lowest BCUT2D eigenvalue weighted by Gasteiger charge is -2.00. The van der Waals surface area contributed by atoms with Crippen LogP contribution in [0, 0.1) is 0 Å². The molecule has 0 fully saturated rings. The fourth-order valence-corrected chi connectivity index (χ4v) is 2.28. The third-order valence-corrected chi connectivity index (χ3v) is 3.29. The molecular weight excluding hydrogens is 298 g/mol. The Balaban J connectivity index is 0.000000487. The van der Waals surface area contributed by atoms with Crippen molar-refractivity contribution >= 4 is 10.9 Å². The van der Waals surface area contributed by atoms with Crippen molar-refractivity contribution < 1.29 is 0 Å². The third-order valence-electron chi connectivity index (χ3n) is 3.29. The molecule has 3 heterocycles. The van der Waals surface area contributed by atoms with Gasteiger partial charge < -0.3 is 0 Å². The molecule has 0 aliphatic rings. The summed E-state index contributed by atoms with van der Waals surface area (Å²) in [6, 6.07) is 12.2. The molecule has 5 nitrogen and oxygen atoms in total. The zero-order valence-electron chi connectivity index (χ0n) is 14.5. The average molecular weight is 321 g/mol. The molecular formula is C19H23N5. The van der Waals surface area contributed by atoms with Crippen LogP contribution in [0.4, 0.5) is 0 Å². The van der Waals surface area contributed by atoms with Crippen molar-refractivity contribution in [1.29, 1.82) is 0 Å². The molecule has 0 saturated carbocycles. The van der Waals surface area contributed by atoms with Crippen molar-refractivity contribution in [3.8, 4) is 22.5 Å². The second-order valence-corrected chi connectivity index (χ2v) is 4.54. The highest BCUT2D eigenvalue weighted by molar-refractivity contribution is 5.94. The summed E-state index contributed by atoms with van der Waals surface area (Å²) in [6.45, 7) is 8.00.